The van der Waals surface area contributed by atoms with Crippen molar-refractivity contribution in [2.24, 2.45) is 16.7 Å². The maximum absolute atomic E-state index is 12.7. The van der Waals surface area contributed by atoms with Crippen molar-refractivity contribution >= 4 is 11.9 Å². The molecular formula is C21H37F3O4. The topological polar surface area (TPSA) is 52.6 Å². The predicted molar refractivity (Wildman–Crippen MR) is 103 cm³/mol. The van der Waals surface area contributed by atoms with Crippen LogP contribution < -0.4 is 0 Å². The molecule has 0 spiro atoms. The molecule has 0 N–H and O–H groups in total. The van der Waals surface area contributed by atoms with Gasteiger partial charge in [-0.2, -0.15) is 13.2 Å². The molecule has 0 saturated heterocycles. The van der Waals surface area contributed by atoms with Crippen LogP contribution in [-0.4, -0.2) is 30.8 Å². The number of hydrogen-bond donors (Lipinski definition) is 0. The summed E-state index contributed by atoms with van der Waals surface area (Å²) in [5, 5.41) is 0. The maximum Gasteiger partial charge on any atom is 0.425 e. The Bertz CT molecular complexity index is 502. The number of carbonyl (C=O) groups is 2. The van der Waals surface area contributed by atoms with Crippen molar-refractivity contribution < 1.29 is 32.2 Å². The first-order valence-electron chi connectivity index (χ1n) is 10.2. The zero-order valence-corrected chi connectivity index (χ0v) is 18.4. The van der Waals surface area contributed by atoms with Crippen LogP contribution in [0.2, 0.25) is 0 Å². The van der Waals surface area contributed by atoms with Gasteiger partial charge in [-0.1, -0.05) is 40.0 Å². The second-order valence-electron chi connectivity index (χ2n) is 8.58. The Hall–Kier alpha value is -1.27. The molecule has 4 nitrogen and oxygen atoms in total. The van der Waals surface area contributed by atoms with E-state index in [1.807, 2.05) is 6.92 Å². The summed E-state index contributed by atoms with van der Waals surface area (Å²) < 4.78 is 48.3. The molecule has 28 heavy (non-hydrogen) atoms. The van der Waals surface area contributed by atoms with Gasteiger partial charge in [-0.05, 0) is 52.9 Å². The zero-order valence-electron chi connectivity index (χ0n) is 18.4. The summed E-state index contributed by atoms with van der Waals surface area (Å²) in [5.41, 5.74) is -2.23. The van der Waals surface area contributed by atoms with Crippen LogP contribution >= 0.6 is 0 Å². The van der Waals surface area contributed by atoms with Gasteiger partial charge in [0, 0.05) is 0 Å². The van der Waals surface area contributed by atoms with E-state index in [9.17, 15) is 22.8 Å². The highest BCUT2D eigenvalue weighted by Gasteiger charge is 2.46. The Morgan fingerprint density at radius 3 is 2.00 bits per heavy atom. The van der Waals surface area contributed by atoms with Crippen LogP contribution in [0.1, 0.15) is 87.0 Å². The summed E-state index contributed by atoms with van der Waals surface area (Å²) in [6.07, 6.45) is -2.49. The number of rotatable bonds is 12. The van der Waals surface area contributed by atoms with Gasteiger partial charge in [0.2, 0.25) is 0 Å². The molecule has 0 aliphatic heterocycles. The Morgan fingerprint density at radius 2 is 1.57 bits per heavy atom. The van der Waals surface area contributed by atoms with Gasteiger partial charge in [0.05, 0.1) is 17.4 Å². The van der Waals surface area contributed by atoms with Crippen LogP contribution in [0.15, 0.2) is 0 Å². The van der Waals surface area contributed by atoms with Gasteiger partial charge >= 0.3 is 18.1 Å². The number of carbonyl (C=O) groups excluding carboxylic acids is 2. The van der Waals surface area contributed by atoms with E-state index in [4.69, 9.17) is 4.74 Å². The van der Waals surface area contributed by atoms with E-state index in [1.165, 1.54) is 6.92 Å². The van der Waals surface area contributed by atoms with E-state index < -0.39 is 35.0 Å². The van der Waals surface area contributed by atoms with E-state index >= 15 is 0 Å². The van der Waals surface area contributed by atoms with Gasteiger partial charge in [-0.15, -0.1) is 0 Å². The Labute approximate surface area is 167 Å². The quantitative estimate of drug-likeness (QED) is 0.366. The lowest BCUT2D eigenvalue weighted by Gasteiger charge is -2.34. The third-order valence-electron chi connectivity index (χ3n) is 5.40. The fraction of sp³-hybridized carbons (Fsp3) is 0.905. The summed E-state index contributed by atoms with van der Waals surface area (Å²) in [6, 6.07) is 0. The predicted octanol–water partition coefficient (Wildman–Crippen LogP) is 6.07. The lowest BCUT2D eigenvalue weighted by molar-refractivity contribution is -0.222. The van der Waals surface area contributed by atoms with Crippen LogP contribution in [0, 0.1) is 16.7 Å². The molecule has 0 rings (SSSR count). The lowest BCUT2D eigenvalue weighted by atomic mass is 9.72. The first-order valence-corrected chi connectivity index (χ1v) is 10.2. The second-order valence-corrected chi connectivity index (χ2v) is 8.58. The van der Waals surface area contributed by atoms with E-state index in [-0.39, 0.29) is 18.8 Å². The van der Waals surface area contributed by atoms with Gasteiger partial charge in [-0.25, -0.2) is 0 Å². The third kappa shape index (κ3) is 8.39. The molecule has 0 heterocycles. The SMILES string of the molecule is CCCCC(CC)COC(=O)C(C)(C)CC(C)(CC)C(=O)OC(C)C(F)(F)F. The van der Waals surface area contributed by atoms with Crippen LogP contribution in [0.3, 0.4) is 0 Å². The lowest BCUT2D eigenvalue weighted by Crippen LogP contribution is -2.42. The van der Waals surface area contributed by atoms with Gasteiger partial charge in [0.1, 0.15) is 0 Å². The van der Waals surface area contributed by atoms with Gasteiger partial charge in [0.15, 0.2) is 6.10 Å². The van der Waals surface area contributed by atoms with E-state index in [0.29, 0.717) is 6.61 Å². The normalized spacial score (nSPS) is 16.8. The minimum atomic E-state index is -4.62. The van der Waals surface area contributed by atoms with Crippen molar-refractivity contribution in [1.29, 1.82) is 0 Å². The molecule has 3 unspecified atom stereocenters. The standard InChI is InChI=1S/C21H37F3O4/c1-8-11-12-16(9-2)13-27-17(25)19(5,6)14-20(7,10-3)18(26)28-15(4)21(22,23)24/h15-16H,8-14H2,1-7H3. The fourth-order valence-corrected chi connectivity index (χ4v) is 3.05. The summed E-state index contributed by atoms with van der Waals surface area (Å²) in [7, 11) is 0. The summed E-state index contributed by atoms with van der Waals surface area (Å²) in [4.78, 5) is 25.0. The van der Waals surface area contributed by atoms with Crippen LogP contribution in [0.4, 0.5) is 13.2 Å². The van der Waals surface area contributed by atoms with Crippen LogP contribution in [-0.2, 0) is 19.1 Å². The molecule has 0 saturated carbocycles. The second kappa shape index (κ2) is 11.1. The van der Waals surface area contributed by atoms with E-state index in [1.54, 1.807) is 20.8 Å². The first-order chi connectivity index (χ1) is 12.7. The minimum Gasteiger partial charge on any atom is -0.465 e. The molecule has 0 aromatic carbocycles. The summed E-state index contributed by atoms with van der Waals surface area (Å²) >= 11 is 0. The van der Waals surface area contributed by atoms with Gasteiger partial charge in [0.25, 0.3) is 0 Å². The molecule has 0 amide bonds. The monoisotopic (exact) mass is 410 g/mol. The molecule has 0 fully saturated rings. The molecule has 0 aromatic heterocycles. The molecular weight excluding hydrogens is 373 g/mol. The largest absolute Gasteiger partial charge is 0.465 e. The highest BCUT2D eigenvalue weighted by atomic mass is 19.4. The molecule has 0 aliphatic carbocycles. The average Bonchev–Trinajstić information content (AvgIpc) is 2.60. The molecule has 7 heteroatoms. The molecule has 0 radical (unpaired) electrons. The van der Waals surface area contributed by atoms with Gasteiger partial charge in [-0.3, -0.25) is 9.59 Å². The zero-order chi connectivity index (χ0) is 22.2. The first kappa shape index (κ1) is 26.7. The molecule has 3 atom stereocenters. The van der Waals surface area contributed by atoms with Crippen molar-refractivity contribution in [3.8, 4) is 0 Å². The number of ether oxygens (including phenoxy) is 2. The fourth-order valence-electron chi connectivity index (χ4n) is 3.05. The molecule has 0 aromatic rings. The van der Waals surface area contributed by atoms with Crippen molar-refractivity contribution in [2.45, 2.75) is 99.3 Å². The Kier molecular flexibility index (Phi) is 10.6. The van der Waals surface area contributed by atoms with Crippen molar-refractivity contribution in [3.63, 3.8) is 0 Å². The van der Waals surface area contributed by atoms with Gasteiger partial charge < -0.3 is 9.47 Å². The third-order valence-corrected chi connectivity index (χ3v) is 5.40. The number of alkyl halides is 3. The highest BCUT2D eigenvalue weighted by molar-refractivity contribution is 5.80. The Morgan fingerprint density at radius 1 is 1.00 bits per heavy atom. The van der Waals surface area contributed by atoms with Crippen molar-refractivity contribution in [2.75, 3.05) is 6.61 Å². The average molecular weight is 411 g/mol. The van der Waals surface area contributed by atoms with Crippen LogP contribution in [0.5, 0.6) is 0 Å². The minimum absolute atomic E-state index is 0.0461. The number of halogens is 3. The van der Waals surface area contributed by atoms with E-state index in [0.717, 1.165) is 32.6 Å². The van der Waals surface area contributed by atoms with Crippen molar-refractivity contribution in [3.05, 3.63) is 0 Å². The van der Waals surface area contributed by atoms with Crippen molar-refractivity contribution in [1.82, 2.24) is 0 Å². The number of esters is 2. The van der Waals surface area contributed by atoms with E-state index in [2.05, 4.69) is 11.7 Å². The Balaban J connectivity index is 5.03. The maximum atomic E-state index is 12.7. The molecule has 0 aliphatic rings. The highest BCUT2D eigenvalue weighted by Crippen LogP contribution is 2.39. The molecule has 166 valence electrons. The summed E-state index contributed by atoms with van der Waals surface area (Å²) in [5.74, 6) is -1.11. The number of unbranched alkanes of at least 4 members (excludes halogenated alkanes) is 1. The van der Waals surface area contributed by atoms with Crippen LogP contribution in [0.25, 0.3) is 0 Å². The molecule has 0 bridgehead atoms. The number of hydrogen-bond acceptors (Lipinski definition) is 4. The smallest absolute Gasteiger partial charge is 0.425 e. The summed E-state index contributed by atoms with van der Waals surface area (Å²) in [6.45, 7) is 11.8.